The first-order valence-corrected chi connectivity index (χ1v) is 10.5. The molecule has 0 bridgehead atoms. The third-order valence-electron chi connectivity index (χ3n) is 5.29. The number of nitrogens with one attached hydrogen (secondary N) is 1. The van der Waals surface area contributed by atoms with Crippen LogP contribution in [0, 0.1) is 17.2 Å². The van der Waals surface area contributed by atoms with Crippen molar-refractivity contribution >= 4 is 17.5 Å². The third-order valence-corrected chi connectivity index (χ3v) is 5.29. The summed E-state index contributed by atoms with van der Waals surface area (Å²) in [7, 11) is 0. The molecule has 1 saturated heterocycles. The van der Waals surface area contributed by atoms with Crippen LogP contribution in [-0.2, 0) is 9.59 Å². The van der Waals surface area contributed by atoms with Gasteiger partial charge in [0.1, 0.15) is 11.8 Å². The van der Waals surface area contributed by atoms with E-state index < -0.39 is 6.10 Å². The van der Waals surface area contributed by atoms with E-state index in [4.69, 9.17) is 4.74 Å². The van der Waals surface area contributed by atoms with Gasteiger partial charge in [-0.15, -0.1) is 0 Å². The lowest BCUT2D eigenvalue weighted by molar-refractivity contribution is -0.136. The predicted octanol–water partition coefficient (Wildman–Crippen LogP) is 2.43. The predicted molar refractivity (Wildman–Crippen MR) is 119 cm³/mol. The minimum absolute atomic E-state index is 0.0728. The van der Waals surface area contributed by atoms with Crippen molar-refractivity contribution < 1.29 is 14.3 Å². The summed E-state index contributed by atoms with van der Waals surface area (Å²) in [6, 6.07) is 19.0. The number of rotatable bonds is 7. The number of para-hydroxylation sites is 2. The second-order valence-electron chi connectivity index (χ2n) is 7.81. The number of anilines is 1. The molecule has 1 aliphatic rings. The smallest absolute Gasteiger partial charge is 0.261 e. The molecule has 1 N–H and O–H groups in total. The molecule has 31 heavy (non-hydrogen) atoms. The number of benzene rings is 2. The van der Waals surface area contributed by atoms with Gasteiger partial charge in [0.05, 0.1) is 12.1 Å². The largest absolute Gasteiger partial charge is 0.479 e. The van der Waals surface area contributed by atoms with Crippen LogP contribution in [0.3, 0.4) is 0 Å². The summed E-state index contributed by atoms with van der Waals surface area (Å²) in [6.07, 6.45) is -0.794. The Labute approximate surface area is 183 Å². The lowest BCUT2D eigenvalue weighted by Crippen LogP contribution is -2.52. The molecule has 0 spiro atoms. The normalized spacial score (nSPS) is 14.6. The Hall–Kier alpha value is -3.53. The van der Waals surface area contributed by atoms with Crippen molar-refractivity contribution in [3.05, 3.63) is 60.2 Å². The summed E-state index contributed by atoms with van der Waals surface area (Å²) >= 11 is 0. The van der Waals surface area contributed by atoms with Gasteiger partial charge < -0.3 is 19.9 Å². The number of hydrogen-bond acceptors (Lipinski definition) is 5. The first kappa shape index (κ1) is 22.2. The zero-order chi connectivity index (χ0) is 22.2. The highest BCUT2D eigenvalue weighted by Gasteiger charge is 2.27. The quantitative estimate of drug-likeness (QED) is 0.744. The van der Waals surface area contributed by atoms with Gasteiger partial charge in [0.2, 0.25) is 5.91 Å². The molecule has 0 saturated carbocycles. The number of hydrogen-bond donors (Lipinski definition) is 1. The summed E-state index contributed by atoms with van der Waals surface area (Å²) in [5.41, 5.74) is 1.52. The van der Waals surface area contributed by atoms with E-state index in [2.05, 4.69) is 28.4 Å². The van der Waals surface area contributed by atoms with E-state index in [1.54, 1.807) is 29.2 Å². The standard InChI is InChI=1S/C24H28N4O3/c1-18(2)23(31-21-11-7-6-8-19(21)16-25)24(30)26-17-22(29)28-14-12-27(13-15-28)20-9-4-3-5-10-20/h3-11,18,23H,12-15,17H2,1-2H3,(H,26,30). The number of piperazine rings is 1. The van der Waals surface area contributed by atoms with Gasteiger partial charge in [-0.25, -0.2) is 0 Å². The fourth-order valence-electron chi connectivity index (χ4n) is 3.52. The van der Waals surface area contributed by atoms with Crippen molar-refractivity contribution in [1.82, 2.24) is 10.2 Å². The third kappa shape index (κ3) is 5.76. The Bertz CT molecular complexity index is 931. The Morgan fingerprint density at radius 2 is 1.68 bits per heavy atom. The lowest BCUT2D eigenvalue weighted by Gasteiger charge is -2.36. The topological polar surface area (TPSA) is 85.7 Å². The number of amides is 2. The molecule has 1 aliphatic heterocycles. The van der Waals surface area contributed by atoms with Gasteiger partial charge in [-0.2, -0.15) is 5.26 Å². The number of carbonyl (C=O) groups excluding carboxylic acids is 2. The van der Waals surface area contributed by atoms with Crippen molar-refractivity contribution in [2.24, 2.45) is 5.92 Å². The van der Waals surface area contributed by atoms with Gasteiger partial charge in [-0.1, -0.05) is 44.2 Å². The highest BCUT2D eigenvalue weighted by atomic mass is 16.5. The maximum atomic E-state index is 12.7. The average Bonchev–Trinajstić information content (AvgIpc) is 2.81. The number of nitrogens with zero attached hydrogens (tertiary/aromatic N) is 3. The maximum Gasteiger partial charge on any atom is 0.261 e. The molecule has 1 fully saturated rings. The van der Waals surface area contributed by atoms with Crippen LogP contribution >= 0.6 is 0 Å². The molecule has 2 amide bonds. The SMILES string of the molecule is CC(C)C(Oc1ccccc1C#N)C(=O)NCC(=O)N1CCN(c2ccccc2)CC1. The molecule has 1 atom stereocenters. The summed E-state index contributed by atoms with van der Waals surface area (Å²) in [5, 5.41) is 11.9. The zero-order valence-corrected chi connectivity index (χ0v) is 18.0. The van der Waals surface area contributed by atoms with E-state index in [9.17, 15) is 14.9 Å². The van der Waals surface area contributed by atoms with Crippen LogP contribution in [0.2, 0.25) is 0 Å². The first-order chi connectivity index (χ1) is 15.0. The molecule has 0 aromatic heterocycles. The Morgan fingerprint density at radius 1 is 1.03 bits per heavy atom. The van der Waals surface area contributed by atoms with E-state index >= 15 is 0 Å². The first-order valence-electron chi connectivity index (χ1n) is 10.5. The molecule has 3 rings (SSSR count). The van der Waals surface area contributed by atoms with Crippen LogP contribution in [0.25, 0.3) is 0 Å². The molecular formula is C24H28N4O3. The second-order valence-corrected chi connectivity index (χ2v) is 7.81. The molecule has 2 aromatic rings. The molecule has 0 radical (unpaired) electrons. The maximum absolute atomic E-state index is 12.7. The average molecular weight is 421 g/mol. The molecule has 2 aromatic carbocycles. The second kappa shape index (κ2) is 10.5. The van der Waals surface area contributed by atoms with E-state index in [1.807, 2.05) is 32.0 Å². The van der Waals surface area contributed by atoms with Crippen LogP contribution < -0.4 is 15.0 Å². The van der Waals surface area contributed by atoms with Crippen LogP contribution in [0.5, 0.6) is 5.75 Å². The van der Waals surface area contributed by atoms with Gasteiger partial charge in [0, 0.05) is 31.9 Å². The highest BCUT2D eigenvalue weighted by molar-refractivity contribution is 5.87. The van der Waals surface area contributed by atoms with Gasteiger partial charge in [0.25, 0.3) is 5.91 Å². The summed E-state index contributed by atoms with van der Waals surface area (Å²) in [4.78, 5) is 29.3. The van der Waals surface area contributed by atoms with E-state index in [-0.39, 0.29) is 24.3 Å². The van der Waals surface area contributed by atoms with E-state index in [1.165, 1.54) is 0 Å². The van der Waals surface area contributed by atoms with Gasteiger partial charge in [-0.05, 0) is 30.2 Å². The summed E-state index contributed by atoms with van der Waals surface area (Å²) < 4.78 is 5.83. The van der Waals surface area contributed by atoms with Crippen molar-refractivity contribution in [3.8, 4) is 11.8 Å². The van der Waals surface area contributed by atoms with Crippen LogP contribution in [-0.4, -0.2) is 55.5 Å². The Morgan fingerprint density at radius 3 is 2.32 bits per heavy atom. The van der Waals surface area contributed by atoms with Crippen molar-refractivity contribution in [1.29, 1.82) is 5.26 Å². The van der Waals surface area contributed by atoms with Crippen molar-refractivity contribution in [3.63, 3.8) is 0 Å². The Balaban J connectivity index is 1.51. The number of carbonyl (C=O) groups is 2. The fraction of sp³-hybridized carbons (Fsp3) is 0.375. The van der Waals surface area contributed by atoms with E-state index in [0.29, 0.717) is 24.4 Å². The molecule has 1 unspecified atom stereocenters. The molecular weight excluding hydrogens is 392 g/mol. The zero-order valence-electron chi connectivity index (χ0n) is 18.0. The van der Waals surface area contributed by atoms with Crippen LogP contribution in [0.15, 0.2) is 54.6 Å². The Kier molecular flexibility index (Phi) is 7.50. The number of nitriles is 1. The van der Waals surface area contributed by atoms with Crippen LogP contribution in [0.4, 0.5) is 5.69 Å². The summed E-state index contributed by atoms with van der Waals surface area (Å²) in [5.74, 6) is -0.238. The van der Waals surface area contributed by atoms with E-state index in [0.717, 1.165) is 18.8 Å². The monoisotopic (exact) mass is 420 g/mol. The van der Waals surface area contributed by atoms with Crippen LogP contribution in [0.1, 0.15) is 19.4 Å². The molecule has 162 valence electrons. The van der Waals surface area contributed by atoms with Crippen molar-refractivity contribution in [2.75, 3.05) is 37.6 Å². The summed E-state index contributed by atoms with van der Waals surface area (Å²) in [6.45, 7) is 6.40. The molecule has 7 heteroatoms. The minimum atomic E-state index is -0.794. The lowest BCUT2D eigenvalue weighted by atomic mass is 10.1. The van der Waals surface area contributed by atoms with Gasteiger partial charge >= 0.3 is 0 Å². The highest BCUT2D eigenvalue weighted by Crippen LogP contribution is 2.21. The minimum Gasteiger partial charge on any atom is -0.479 e. The van der Waals surface area contributed by atoms with Gasteiger partial charge in [0.15, 0.2) is 6.10 Å². The molecule has 1 heterocycles. The fourth-order valence-corrected chi connectivity index (χ4v) is 3.52. The molecule has 7 nitrogen and oxygen atoms in total. The number of ether oxygens (including phenoxy) is 1. The van der Waals surface area contributed by atoms with Gasteiger partial charge in [-0.3, -0.25) is 9.59 Å². The van der Waals surface area contributed by atoms with Crippen molar-refractivity contribution in [2.45, 2.75) is 20.0 Å². The molecule has 0 aliphatic carbocycles.